The lowest BCUT2D eigenvalue weighted by Gasteiger charge is -2.34. The maximum Gasteiger partial charge on any atom is 0.315 e. The molecule has 0 radical (unpaired) electrons. The third-order valence-corrected chi connectivity index (χ3v) is 3.67. The van der Waals surface area contributed by atoms with Crippen LogP contribution in [-0.4, -0.2) is 35.6 Å². The number of hydrogen-bond donors (Lipinski definition) is 1. The van der Waals surface area contributed by atoms with Crippen LogP contribution in [0.2, 0.25) is 0 Å². The first-order chi connectivity index (χ1) is 9.75. The first-order valence-electron chi connectivity index (χ1n) is 7.77. The Morgan fingerprint density at radius 3 is 1.95 bits per heavy atom. The normalized spacial score (nSPS) is 14.7. The lowest BCUT2D eigenvalue weighted by molar-refractivity contribution is -0.144. The Balaban J connectivity index is 3.01. The minimum Gasteiger partial charge on any atom is -0.481 e. The molecular formula is C18H29NO2. The quantitative estimate of drug-likeness (QED) is 0.795. The topological polar surface area (TPSA) is 40.5 Å². The van der Waals surface area contributed by atoms with Crippen LogP contribution in [0.1, 0.15) is 40.2 Å². The number of carbonyl (C=O) groups is 1. The van der Waals surface area contributed by atoms with E-state index >= 15 is 0 Å². The summed E-state index contributed by atoms with van der Waals surface area (Å²) < 4.78 is 0. The first-order valence-corrected chi connectivity index (χ1v) is 7.77. The van der Waals surface area contributed by atoms with E-state index in [1.54, 1.807) is 0 Å². The van der Waals surface area contributed by atoms with Gasteiger partial charge in [-0.25, -0.2) is 0 Å². The van der Waals surface area contributed by atoms with Gasteiger partial charge in [0, 0.05) is 19.6 Å². The van der Waals surface area contributed by atoms with Crippen LogP contribution >= 0.6 is 0 Å². The van der Waals surface area contributed by atoms with Crippen LogP contribution in [0.3, 0.4) is 0 Å². The Morgan fingerprint density at radius 2 is 1.57 bits per heavy atom. The van der Waals surface area contributed by atoms with Gasteiger partial charge in [0.2, 0.25) is 0 Å². The Morgan fingerprint density at radius 1 is 1.10 bits per heavy atom. The molecule has 1 atom stereocenters. The summed E-state index contributed by atoms with van der Waals surface area (Å²) in [5.74, 6) is 0.293. The van der Waals surface area contributed by atoms with Crippen molar-refractivity contribution in [3.63, 3.8) is 0 Å². The van der Waals surface area contributed by atoms with Crippen molar-refractivity contribution in [3.8, 4) is 0 Å². The van der Waals surface area contributed by atoms with Crippen molar-refractivity contribution >= 4 is 5.97 Å². The molecule has 1 unspecified atom stereocenters. The molecule has 0 aromatic heterocycles. The molecular weight excluding hydrogens is 262 g/mol. The van der Waals surface area contributed by atoms with Gasteiger partial charge in [0.25, 0.3) is 0 Å². The predicted molar refractivity (Wildman–Crippen MR) is 87.5 cm³/mol. The Hall–Kier alpha value is -1.35. The molecule has 3 nitrogen and oxygen atoms in total. The average Bonchev–Trinajstić information content (AvgIpc) is 2.37. The van der Waals surface area contributed by atoms with Crippen LogP contribution in [0.5, 0.6) is 0 Å². The second kappa shape index (κ2) is 7.60. The number of rotatable bonds is 8. The van der Waals surface area contributed by atoms with Gasteiger partial charge < -0.3 is 10.0 Å². The van der Waals surface area contributed by atoms with Crippen molar-refractivity contribution in [2.75, 3.05) is 19.6 Å². The number of nitrogens with zero attached hydrogens (tertiary/aromatic N) is 1. The van der Waals surface area contributed by atoms with E-state index in [-0.39, 0.29) is 0 Å². The zero-order chi connectivity index (χ0) is 16.0. The summed E-state index contributed by atoms with van der Waals surface area (Å²) in [5, 5.41) is 9.78. The molecule has 0 aliphatic carbocycles. The summed E-state index contributed by atoms with van der Waals surface area (Å²) in [7, 11) is 0. The van der Waals surface area contributed by atoms with Crippen LogP contribution in [0.15, 0.2) is 30.3 Å². The highest BCUT2D eigenvalue weighted by molar-refractivity contribution is 5.81. The second-order valence-corrected chi connectivity index (χ2v) is 6.99. The van der Waals surface area contributed by atoms with Gasteiger partial charge in [-0.15, -0.1) is 0 Å². The molecule has 0 aliphatic rings. The molecule has 118 valence electrons. The number of carboxylic acids is 1. The van der Waals surface area contributed by atoms with Crippen molar-refractivity contribution in [3.05, 3.63) is 35.9 Å². The monoisotopic (exact) mass is 291 g/mol. The SMILES string of the molecule is CC(C)CN(CC(C)C)CC(C)(C(=O)O)c1ccccc1. The second-order valence-electron chi connectivity index (χ2n) is 6.99. The zero-order valence-corrected chi connectivity index (χ0v) is 14.0. The summed E-state index contributed by atoms with van der Waals surface area (Å²) in [5.41, 5.74) is 0.000382. The molecule has 0 amide bonds. The molecule has 1 N–H and O–H groups in total. The lowest BCUT2D eigenvalue weighted by atomic mass is 9.81. The largest absolute Gasteiger partial charge is 0.481 e. The average molecular weight is 291 g/mol. The third kappa shape index (κ3) is 5.16. The lowest BCUT2D eigenvalue weighted by Crippen LogP contribution is -2.46. The van der Waals surface area contributed by atoms with Gasteiger partial charge in [-0.2, -0.15) is 0 Å². The summed E-state index contributed by atoms with van der Waals surface area (Å²) in [6, 6.07) is 9.57. The fourth-order valence-electron chi connectivity index (χ4n) is 2.77. The molecule has 21 heavy (non-hydrogen) atoms. The molecule has 0 heterocycles. The maximum absolute atomic E-state index is 11.9. The van der Waals surface area contributed by atoms with Gasteiger partial charge in [-0.3, -0.25) is 4.79 Å². The van der Waals surface area contributed by atoms with Crippen LogP contribution in [0.25, 0.3) is 0 Å². The number of carboxylic acid groups (broad SMARTS) is 1. The fourth-order valence-corrected chi connectivity index (χ4v) is 2.77. The highest BCUT2D eigenvalue weighted by Gasteiger charge is 2.37. The Kier molecular flexibility index (Phi) is 6.41. The molecule has 3 heteroatoms. The molecule has 1 aromatic rings. The predicted octanol–water partition coefficient (Wildman–Crippen LogP) is 3.64. The fraction of sp³-hybridized carbons (Fsp3) is 0.611. The van der Waals surface area contributed by atoms with Crippen molar-refractivity contribution in [2.24, 2.45) is 11.8 Å². The molecule has 0 saturated heterocycles. The van der Waals surface area contributed by atoms with E-state index in [9.17, 15) is 9.90 Å². The van der Waals surface area contributed by atoms with E-state index in [0.717, 1.165) is 18.7 Å². The van der Waals surface area contributed by atoms with E-state index in [1.807, 2.05) is 37.3 Å². The minimum absolute atomic E-state index is 0.526. The molecule has 0 saturated carbocycles. The number of hydrogen-bond acceptors (Lipinski definition) is 2. The summed E-state index contributed by atoms with van der Waals surface area (Å²) >= 11 is 0. The van der Waals surface area contributed by atoms with Gasteiger partial charge in [0.15, 0.2) is 0 Å². The minimum atomic E-state index is -0.870. The molecule has 0 bridgehead atoms. The zero-order valence-electron chi connectivity index (χ0n) is 14.0. The third-order valence-electron chi connectivity index (χ3n) is 3.67. The van der Waals surface area contributed by atoms with Crippen LogP contribution in [-0.2, 0) is 10.2 Å². The van der Waals surface area contributed by atoms with E-state index < -0.39 is 11.4 Å². The highest BCUT2D eigenvalue weighted by Crippen LogP contribution is 2.26. The van der Waals surface area contributed by atoms with Crippen molar-refractivity contribution in [2.45, 2.75) is 40.0 Å². The molecule has 0 spiro atoms. The molecule has 1 rings (SSSR count). The van der Waals surface area contributed by atoms with Gasteiger partial charge in [-0.05, 0) is 24.3 Å². The van der Waals surface area contributed by atoms with E-state index in [4.69, 9.17) is 0 Å². The summed E-state index contributed by atoms with van der Waals surface area (Å²) in [4.78, 5) is 14.2. The summed E-state index contributed by atoms with van der Waals surface area (Å²) in [6.07, 6.45) is 0. The van der Waals surface area contributed by atoms with E-state index in [0.29, 0.717) is 18.4 Å². The molecule has 1 aromatic carbocycles. The highest BCUT2D eigenvalue weighted by atomic mass is 16.4. The number of aliphatic carboxylic acids is 1. The Labute approximate surface area is 129 Å². The van der Waals surface area contributed by atoms with Gasteiger partial charge >= 0.3 is 5.97 Å². The van der Waals surface area contributed by atoms with Gasteiger partial charge in [-0.1, -0.05) is 58.0 Å². The van der Waals surface area contributed by atoms with Crippen LogP contribution < -0.4 is 0 Å². The Bertz CT molecular complexity index is 432. The first kappa shape index (κ1) is 17.7. The van der Waals surface area contributed by atoms with Gasteiger partial charge in [0.1, 0.15) is 5.41 Å². The number of benzene rings is 1. The van der Waals surface area contributed by atoms with E-state index in [1.165, 1.54) is 0 Å². The van der Waals surface area contributed by atoms with Crippen LogP contribution in [0.4, 0.5) is 0 Å². The standard InChI is InChI=1S/C18H29NO2/c1-14(2)11-19(12-15(3)4)13-18(5,17(20)21)16-9-7-6-8-10-16/h6-10,14-15H,11-13H2,1-5H3,(H,20,21). The molecule has 0 fully saturated rings. The van der Waals surface area contributed by atoms with Crippen molar-refractivity contribution < 1.29 is 9.90 Å². The van der Waals surface area contributed by atoms with E-state index in [2.05, 4.69) is 32.6 Å². The maximum atomic E-state index is 11.9. The molecule has 0 aliphatic heterocycles. The van der Waals surface area contributed by atoms with Gasteiger partial charge in [0.05, 0.1) is 0 Å². The van der Waals surface area contributed by atoms with Crippen LogP contribution in [0, 0.1) is 11.8 Å². The smallest absolute Gasteiger partial charge is 0.315 e. The summed E-state index contributed by atoms with van der Waals surface area (Å²) in [6.45, 7) is 12.9. The van der Waals surface area contributed by atoms with Crippen molar-refractivity contribution in [1.29, 1.82) is 0 Å². The van der Waals surface area contributed by atoms with Crippen molar-refractivity contribution in [1.82, 2.24) is 4.90 Å².